The molecule has 21 heavy (non-hydrogen) atoms. The Bertz CT molecular complexity index is 722. The Kier molecular flexibility index (Phi) is 3.63. The predicted molar refractivity (Wildman–Crippen MR) is 84.1 cm³/mol. The minimum Gasteiger partial charge on any atom is -0.472 e. The maximum Gasteiger partial charge on any atom is 0.223 e. The lowest BCUT2D eigenvalue weighted by Gasteiger charge is -2.27. The van der Waals surface area contributed by atoms with E-state index in [9.17, 15) is 4.21 Å². The third kappa shape index (κ3) is 2.88. The van der Waals surface area contributed by atoms with Crippen molar-refractivity contribution < 1.29 is 8.95 Å². The van der Waals surface area contributed by atoms with Gasteiger partial charge in [-0.15, -0.1) is 0 Å². The molecule has 2 aromatic rings. The molecule has 112 valence electrons. The summed E-state index contributed by atoms with van der Waals surface area (Å²) in [6.45, 7) is 3.82. The van der Waals surface area contributed by atoms with Crippen LogP contribution in [-0.4, -0.2) is 31.8 Å². The van der Waals surface area contributed by atoms with E-state index < -0.39 is 16.3 Å². The molecule has 0 bridgehead atoms. The summed E-state index contributed by atoms with van der Waals surface area (Å²) in [5, 5.41) is 2.05. The molecule has 0 amide bonds. The number of ether oxygens (including phenoxy) is 1. The zero-order valence-corrected chi connectivity index (χ0v) is 13.4. The van der Waals surface area contributed by atoms with E-state index in [4.69, 9.17) is 22.1 Å². The highest BCUT2D eigenvalue weighted by Gasteiger charge is 2.29. The van der Waals surface area contributed by atoms with Crippen LogP contribution in [0.3, 0.4) is 0 Å². The first-order chi connectivity index (χ1) is 9.84. The second kappa shape index (κ2) is 5.19. The number of hydrogen-bond donors (Lipinski definition) is 1. The summed E-state index contributed by atoms with van der Waals surface area (Å²) in [6.07, 6.45) is 3.31. The molecule has 1 saturated heterocycles. The number of nitrogens with zero attached hydrogens (tertiary/aromatic N) is 2. The minimum atomic E-state index is -0.761. The van der Waals surface area contributed by atoms with Gasteiger partial charge in [0.2, 0.25) is 5.88 Å². The lowest BCUT2D eigenvalue weighted by atomic mass is 9.93. The molecule has 3 rings (SSSR count). The Labute approximate surface area is 130 Å². The molecule has 2 N–H and O–H groups in total. The van der Waals surface area contributed by atoms with Gasteiger partial charge in [-0.3, -0.25) is 4.21 Å². The lowest BCUT2D eigenvalue weighted by molar-refractivity contribution is 0.229. The van der Waals surface area contributed by atoms with Crippen molar-refractivity contribution in [1.82, 2.24) is 9.97 Å². The van der Waals surface area contributed by atoms with E-state index in [1.165, 1.54) is 0 Å². The topological polar surface area (TPSA) is 78.1 Å². The van der Waals surface area contributed by atoms with Crippen LogP contribution in [0.2, 0.25) is 5.15 Å². The van der Waals surface area contributed by atoms with Crippen molar-refractivity contribution in [1.29, 1.82) is 0 Å². The average Bonchev–Trinajstić information content (AvgIpc) is 2.35. The van der Waals surface area contributed by atoms with Gasteiger partial charge in [0.25, 0.3) is 0 Å². The van der Waals surface area contributed by atoms with Crippen LogP contribution in [0.15, 0.2) is 18.5 Å². The van der Waals surface area contributed by atoms with E-state index >= 15 is 0 Å². The molecular formula is C14H16ClN3O2S. The molecule has 1 fully saturated rings. The van der Waals surface area contributed by atoms with Crippen molar-refractivity contribution in [3.05, 3.63) is 29.2 Å². The number of fused-ring (bicyclic) bond motifs is 1. The van der Waals surface area contributed by atoms with Crippen LogP contribution in [0, 0.1) is 0 Å². The van der Waals surface area contributed by atoms with Crippen LogP contribution in [0.1, 0.15) is 19.4 Å². The fourth-order valence-corrected chi connectivity index (χ4v) is 3.31. The normalized spacial score (nSPS) is 22.1. The Morgan fingerprint density at radius 3 is 2.67 bits per heavy atom. The van der Waals surface area contributed by atoms with Crippen LogP contribution in [-0.2, 0) is 16.3 Å². The molecular weight excluding hydrogens is 310 g/mol. The first kappa shape index (κ1) is 14.7. The summed E-state index contributed by atoms with van der Waals surface area (Å²) in [4.78, 5) is 8.47. The zero-order chi connectivity index (χ0) is 15.2. The van der Waals surface area contributed by atoms with E-state index in [2.05, 4.69) is 9.97 Å². The Morgan fingerprint density at radius 2 is 2.05 bits per heavy atom. The molecule has 5 nitrogen and oxygen atoms in total. The molecule has 0 spiro atoms. The van der Waals surface area contributed by atoms with Gasteiger partial charge in [-0.25, -0.2) is 9.97 Å². The molecule has 0 unspecified atom stereocenters. The van der Waals surface area contributed by atoms with Crippen LogP contribution in [0.25, 0.3) is 10.8 Å². The molecule has 0 saturated carbocycles. The largest absolute Gasteiger partial charge is 0.472 e. The fourth-order valence-electron chi connectivity index (χ4n) is 2.28. The second-order valence-electron chi connectivity index (χ2n) is 5.76. The van der Waals surface area contributed by atoms with Gasteiger partial charge in [-0.1, -0.05) is 11.6 Å². The average molecular weight is 326 g/mol. The number of rotatable bonds is 3. The molecule has 0 radical (unpaired) electrons. The molecule has 0 aliphatic carbocycles. The summed E-state index contributed by atoms with van der Waals surface area (Å²) in [5.41, 5.74) is 6.53. The third-order valence-corrected chi connectivity index (χ3v) is 5.11. The quantitative estimate of drug-likeness (QED) is 0.873. The van der Waals surface area contributed by atoms with Gasteiger partial charge in [0.1, 0.15) is 11.3 Å². The van der Waals surface area contributed by atoms with Gasteiger partial charge in [-0.05, 0) is 30.9 Å². The number of aromatic nitrogens is 2. The van der Waals surface area contributed by atoms with Crippen molar-refractivity contribution >= 4 is 33.2 Å². The Hall–Kier alpha value is -1.24. The fraction of sp³-hybridized carbons (Fsp3) is 0.429. The summed E-state index contributed by atoms with van der Waals surface area (Å²) >= 11 is 6.00. The highest BCUT2D eigenvalue weighted by molar-refractivity contribution is 7.86. The number of halogens is 1. The first-order valence-electron chi connectivity index (χ1n) is 6.60. The van der Waals surface area contributed by atoms with E-state index in [1.54, 1.807) is 18.5 Å². The van der Waals surface area contributed by atoms with Gasteiger partial charge in [0.15, 0.2) is 0 Å². The van der Waals surface area contributed by atoms with Crippen LogP contribution in [0.4, 0.5) is 0 Å². The van der Waals surface area contributed by atoms with Crippen LogP contribution >= 0.6 is 11.6 Å². The Balaban J connectivity index is 2.09. The summed E-state index contributed by atoms with van der Waals surface area (Å²) in [6, 6.07) is 1.77. The monoisotopic (exact) mass is 325 g/mol. The molecule has 7 heteroatoms. The lowest BCUT2D eigenvalue weighted by Crippen LogP contribution is -2.41. The summed E-state index contributed by atoms with van der Waals surface area (Å²) < 4.78 is 17.0. The molecule has 0 atom stereocenters. The molecule has 1 aliphatic heterocycles. The number of nitrogens with two attached hydrogens (primary N) is 1. The number of pyridine rings is 2. The van der Waals surface area contributed by atoms with Crippen molar-refractivity contribution in [2.45, 2.75) is 25.5 Å². The maximum absolute atomic E-state index is 11.2. The van der Waals surface area contributed by atoms with Gasteiger partial charge in [0, 0.05) is 28.7 Å². The first-order valence-corrected chi connectivity index (χ1v) is 8.46. The smallest absolute Gasteiger partial charge is 0.223 e. The SMILES string of the molecule is CC(C)(N)c1cnc(OC2CS(=O)C2)c2cnc(Cl)cc12. The summed E-state index contributed by atoms with van der Waals surface area (Å²) in [5.74, 6) is 1.59. The minimum absolute atomic E-state index is 0.0473. The number of hydrogen-bond acceptors (Lipinski definition) is 5. The second-order valence-corrected chi connectivity index (χ2v) is 7.70. The van der Waals surface area contributed by atoms with Crippen LogP contribution < -0.4 is 10.5 Å². The van der Waals surface area contributed by atoms with Gasteiger partial charge < -0.3 is 10.5 Å². The molecule has 0 aromatic carbocycles. The van der Waals surface area contributed by atoms with E-state index in [1.807, 2.05) is 13.8 Å². The van der Waals surface area contributed by atoms with Gasteiger partial charge in [-0.2, -0.15) is 0 Å². The third-order valence-electron chi connectivity index (χ3n) is 3.42. The van der Waals surface area contributed by atoms with Crippen LogP contribution in [0.5, 0.6) is 5.88 Å². The Morgan fingerprint density at radius 1 is 1.33 bits per heavy atom. The van der Waals surface area contributed by atoms with Crippen molar-refractivity contribution in [3.8, 4) is 5.88 Å². The molecule has 2 aromatic heterocycles. The molecule has 1 aliphatic rings. The van der Waals surface area contributed by atoms with E-state index in [0.29, 0.717) is 22.5 Å². The maximum atomic E-state index is 11.2. The van der Waals surface area contributed by atoms with E-state index in [-0.39, 0.29) is 6.10 Å². The predicted octanol–water partition coefficient (Wildman–Crippen LogP) is 1.99. The van der Waals surface area contributed by atoms with Gasteiger partial charge >= 0.3 is 0 Å². The van der Waals surface area contributed by atoms with Crippen molar-refractivity contribution in [2.75, 3.05) is 11.5 Å². The molecule has 3 heterocycles. The zero-order valence-electron chi connectivity index (χ0n) is 11.8. The van der Waals surface area contributed by atoms with Crippen molar-refractivity contribution in [3.63, 3.8) is 0 Å². The standard InChI is InChI=1S/C14H16ClN3O2S/c1-14(2,16)11-5-18-13(20-8-6-21(19)7-8)10-4-17-12(15)3-9(10)11/h3-5,8H,6-7,16H2,1-2H3. The summed E-state index contributed by atoms with van der Waals surface area (Å²) in [7, 11) is -0.761. The van der Waals surface area contributed by atoms with E-state index in [0.717, 1.165) is 16.3 Å². The van der Waals surface area contributed by atoms with Crippen molar-refractivity contribution in [2.24, 2.45) is 5.73 Å². The highest BCUT2D eigenvalue weighted by Crippen LogP contribution is 2.33. The van der Waals surface area contributed by atoms with Gasteiger partial charge in [0.05, 0.1) is 16.9 Å². The highest BCUT2D eigenvalue weighted by atomic mass is 35.5.